The van der Waals surface area contributed by atoms with Crippen LogP contribution < -0.4 is 170 Å². The van der Waals surface area contributed by atoms with Gasteiger partial charge in [-0.1, -0.05) is 5.75 Å². The molecular weight excluding hydrogens is 1180 g/mol. The molecule has 0 aliphatic heterocycles. The van der Waals surface area contributed by atoms with Crippen LogP contribution in [0.5, 0.6) is 5.75 Å². The van der Waals surface area contributed by atoms with Crippen molar-refractivity contribution in [3.05, 3.63) is 89.8 Å². The molecular formula is C33H20ClN10Na5O19S6. The van der Waals surface area contributed by atoms with E-state index in [0.29, 0.717) is 40.8 Å². The number of nitrogen functional groups attached to an aromatic ring is 1. The quantitative estimate of drug-likeness (QED) is 0.0230. The van der Waals surface area contributed by atoms with E-state index >= 15 is 0 Å². The van der Waals surface area contributed by atoms with Crippen molar-refractivity contribution in [1.82, 2.24) is 15.0 Å². The third-order valence-electron chi connectivity index (χ3n) is 8.23. The summed E-state index contributed by atoms with van der Waals surface area (Å²) in [6.45, 7) is -1.09. The number of aromatic amines is 1. The van der Waals surface area contributed by atoms with Crippen LogP contribution in [0.1, 0.15) is 0 Å². The van der Waals surface area contributed by atoms with E-state index in [4.69, 9.17) is 26.1 Å². The molecule has 0 bridgehead atoms. The van der Waals surface area contributed by atoms with Gasteiger partial charge in [-0.25, -0.2) is 47.6 Å². The van der Waals surface area contributed by atoms with Gasteiger partial charge in [0.25, 0.3) is 0 Å². The molecule has 1 heterocycles. The van der Waals surface area contributed by atoms with E-state index in [1.807, 2.05) is 0 Å². The zero-order valence-electron chi connectivity index (χ0n) is 38.0. The van der Waals surface area contributed by atoms with Gasteiger partial charge in [0.2, 0.25) is 16.9 Å². The molecule has 0 aliphatic rings. The fourth-order valence-electron chi connectivity index (χ4n) is 5.39. The normalized spacial score (nSPS) is 12.2. The third kappa shape index (κ3) is 19.3. The zero-order valence-corrected chi connectivity index (χ0v) is 53.7. The molecule has 0 amide bonds. The Hall–Kier alpha value is -1.61. The van der Waals surface area contributed by atoms with Crippen LogP contribution in [0.3, 0.4) is 0 Å². The third-order valence-corrected chi connectivity index (χ3v) is 13.0. The molecule has 0 fully saturated rings. The summed E-state index contributed by atoms with van der Waals surface area (Å²) in [6.07, 6.45) is 0. The van der Waals surface area contributed by atoms with Gasteiger partial charge >= 0.3 is 164 Å². The van der Waals surface area contributed by atoms with Crippen LogP contribution in [0.2, 0.25) is 5.28 Å². The number of azo groups is 2. The van der Waals surface area contributed by atoms with E-state index in [2.05, 4.69) is 49.9 Å². The number of nitrogens with zero attached hydrogens (tertiary/aromatic N) is 7. The van der Waals surface area contributed by atoms with Crippen molar-refractivity contribution in [3.63, 3.8) is 0 Å². The number of hydrogen-bond donors (Lipinski definition) is 4. The van der Waals surface area contributed by atoms with E-state index < -0.39 is 122 Å². The summed E-state index contributed by atoms with van der Waals surface area (Å²) in [5.41, 5.74) is 1.35. The molecule has 364 valence electrons. The summed E-state index contributed by atoms with van der Waals surface area (Å²) in [7, 11) is -26.6. The van der Waals surface area contributed by atoms with Gasteiger partial charge in [-0.2, -0.15) is 23.5 Å². The Bertz CT molecular complexity index is 3810. The first-order valence-electron chi connectivity index (χ1n) is 17.5. The van der Waals surface area contributed by atoms with Crippen LogP contribution in [-0.2, 0) is 64.0 Å². The number of rotatable bonds is 16. The molecule has 0 atom stereocenters. The number of fused-ring (bicyclic) bond motifs is 1. The number of nitrogens with one attached hydrogen (secondary N) is 2. The largest absolute Gasteiger partial charge is 1.00 e. The molecule has 5 N–H and O–H groups in total. The van der Waals surface area contributed by atoms with Crippen molar-refractivity contribution < 1.29 is 231 Å². The van der Waals surface area contributed by atoms with Gasteiger partial charge in [0.15, 0.2) is 6.61 Å². The summed E-state index contributed by atoms with van der Waals surface area (Å²) in [6, 6.07) is 12.6. The Balaban J connectivity index is 0.00000548. The molecule has 0 unspecified atom stereocenters. The van der Waals surface area contributed by atoms with Gasteiger partial charge in [0.1, 0.15) is 51.8 Å². The van der Waals surface area contributed by atoms with Gasteiger partial charge in [0, 0.05) is 16.0 Å². The van der Waals surface area contributed by atoms with Gasteiger partial charge in [0.05, 0.1) is 54.4 Å². The van der Waals surface area contributed by atoms with Crippen LogP contribution in [0.25, 0.3) is 10.8 Å². The molecule has 0 radical (unpaired) electrons. The average molecular weight is 1200 g/mol. The fraction of sp³-hybridized carbons (Fsp3) is 0.0303. The smallest absolute Gasteiger partial charge is 0.870 e. The topological polar surface area (TPSA) is 483 Å². The second kappa shape index (κ2) is 28.5. The van der Waals surface area contributed by atoms with E-state index in [0.717, 1.165) is 36.4 Å². The zero-order chi connectivity index (χ0) is 50.9. The maximum absolute atomic E-state index is 14.0. The second-order valence-corrected chi connectivity index (χ2v) is 20.6. The number of nitrogens with two attached hydrogens (primary N) is 1. The van der Waals surface area contributed by atoms with Crippen molar-refractivity contribution in [3.8, 4) is 5.75 Å². The van der Waals surface area contributed by atoms with E-state index in [1.54, 1.807) is 0 Å². The van der Waals surface area contributed by atoms with Crippen molar-refractivity contribution in [2.75, 3.05) is 17.7 Å². The first-order valence-corrected chi connectivity index (χ1v) is 25.6. The number of benzene rings is 5. The SMILES string of the molecule is Nc1c(N=Nc2ccc(S(=O)(=O)[O-])cc2)c(S(=O)(=O)[O-])cc2cc(S(=O)(=O)[O-])c(N=Nc3cc(N=c4nc(Nc5ccc(SOC(=O)COS(=O)(=O)O)cc5)nc(Cl)[nH]4)ccc3S(=O)(=O)[O-])c([O-])c12.[Na+].[Na+].[Na+].[Na+].[Na+]. The molecule has 0 saturated heterocycles. The second-order valence-electron chi connectivity index (χ2n) is 12.9. The number of hydrogen-bond acceptors (Lipinski definition) is 28. The van der Waals surface area contributed by atoms with Crippen LogP contribution in [-0.4, -0.2) is 92.4 Å². The van der Waals surface area contributed by atoms with E-state index in [1.165, 1.54) is 24.3 Å². The number of halogens is 1. The van der Waals surface area contributed by atoms with E-state index in [-0.39, 0.29) is 176 Å². The van der Waals surface area contributed by atoms with Crippen molar-refractivity contribution in [1.29, 1.82) is 0 Å². The Kier molecular flexibility index (Phi) is 27.1. The molecule has 1 aromatic heterocycles. The molecule has 41 heteroatoms. The van der Waals surface area contributed by atoms with Crippen molar-refractivity contribution in [2.45, 2.75) is 24.5 Å². The van der Waals surface area contributed by atoms with Crippen molar-refractivity contribution >= 4 is 137 Å². The van der Waals surface area contributed by atoms with Crippen molar-refractivity contribution in [2.24, 2.45) is 25.4 Å². The van der Waals surface area contributed by atoms with E-state index in [9.17, 15) is 70.2 Å². The molecule has 0 aliphatic carbocycles. The van der Waals surface area contributed by atoms with Crippen LogP contribution in [0.15, 0.2) is 129 Å². The molecule has 0 saturated carbocycles. The number of anilines is 3. The Morgan fingerprint density at radius 2 is 1.24 bits per heavy atom. The summed E-state index contributed by atoms with van der Waals surface area (Å²) in [5.74, 6) is -2.93. The molecule has 29 nitrogen and oxygen atoms in total. The predicted molar refractivity (Wildman–Crippen MR) is 227 cm³/mol. The Labute approximate surface area is 538 Å². The first kappa shape index (κ1) is 70.4. The molecule has 5 aromatic carbocycles. The minimum Gasteiger partial charge on any atom is -0.870 e. The molecule has 0 spiro atoms. The Morgan fingerprint density at radius 1 is 0.703 bits per heavy atom. The maximum Gasteiger partial charge on any atom is 1.00 e. The number of aromatic nitrogens is 3. The summed E-state index contributed by atoms with van der Waals surface area (Å²) < 4.78 is 183. The number of carbonyl (C=O) groups is 1. The number of carbonyl (C=O) groups excluding carboxylic acids is 1. The maximum atomic E-state index is 14.0. The first-order chi connectivity index (χ1) is 32.0. The molecule has 6 rings (SSSR count). The minimum atomic E-state index is -5.78. The van der Waals surface area contributed by atoms with Crippen LogP contribution in [0, 0.1) is 0 Å². The standard InChI is InChI=1S/C33H25ClN10O19S6.5Na/c34-31-38-32(36-16-1-6-19(7-2-16)64-63-25(45)14-62-69(59,60)61)40-33(39-31)37-18-5-10-22(66(50,51)52)21(13-18)42-44-29-24(68(56,57)58)12-15-11-23(67(53,54)55)28(27(35)26(15)30(29)46)43-41-17-3-8-20(9-4-17)65(47,48)49;;;;;/h1-13,46H,14,35H2,(H,47,48,49)(H,50,51,52)(H,53,54,55)(H,56,57,58)(H,59,60,61)(H2,36,37,38,39,40);;;;;/q;5*+1/p-5. The summed E-state index contributed by atoms with van der Waals surface area (Å²) >= 11 is 6.64. The predicted octanol–water partition coefficient (Wildman–Crippen LogP) is -11.9. The fourth-order valence-corrected chi connectivity index (χ4v) is 8.65. The van der Waals surface area contributed by atoms with Gasteiger partial charge in [-0.15, -0.1) is 15.3 Å². The number of H-pyrrole nitrogens is 1. The summed E-state index contributed by atoms with van der Waals surface area (Å²) in [5, 5.41) is 29.2. The monoisotopic (exact) mass is 1200 g/mol. The minimum absolute atomic E-state index is 0. The molecule has 6 aromatic rings. The van der Waals surface area contributed by atoms with Crippen LogP contribution >= 0.6 is 23.6 Å². The average Bonchev–Trinajstić information content (AvgIpc) is 3.22. The van der Waals surface area contributed by atoms with Gasteiger partial charge < -0.3 is 38.6 Å². The van der Waals surface area contributed by atoms with Gasteiger partial charge in [-0.3, -0.25) is 9.54 Å². The Morgan fingerprint density at radius 3 is 1.78 bits per heavy atom. The summed E-state index contributed by atoms with van der Waals surface area (Å²) in [4.78, 5) is 22.1. The van der Waals surface area contributed by atoms with Crippen LogP contribution in [0.4, 0.5) is 45.8 Å². The molecule has 74 heavy (non-hydrogen) atoms. The van der Waals surface area contributed by atoms with Gasteiger partial charge in [-0.05, 0) is 95.8 Å².